The molecule has 1 aromatic heterocycles. The van der Waals surface area contributed by atoms with Gasteiger partial charge in [-0.2, -0.15) is 0 Å². The van der Waals surface area contributed by atoms with Gasteiger partial charge in [0.25, 0.3) is 5.91 Å². The van der Waals surface area contributed by atoms with Crippen LogP contribution in [-0.4, -0.2) is 23.0 Å². The van der Waals surface area contributed by atoms with E-state index in [1.54, 1.807) is 0 Å². The largest absolute Gasteiger partial charge is 0.382 e. The second-order valence-electron chi connectivity index (χ2n) is 6.29. The number of fused-ring (bicyclic) bond motifs is 2. The fourth-order valence-corrected chi connectivity index (χ4v) is 4.39. The Hall–Kier alpha value is -1.30. The molecule has 0 saturated heterocycles. The van der Waals surface area contributed by atoms with Gasteiger partial charge in [0.1, 0.15) is 10.7 Å². The Kier molecular flexibility index (Phi) is 3.58. The number of aromatic nitrogens is 1. The highest BCUT2D eigenvalue weighted by Gasteiger charge is 2.40. The van der Waals surface area contributed by atoms with Crippen LogP contribution in [0.25, 0.3) is 0 Å². The number of nitrogens with one attached hydrogen (secondary N) is 2. The van der Waals surface area contributed by atoms with Gasteiger partial charge in [0.2, 0.25) is 0 Å². The minimum atomic E-state index is -0.0608. The number of rotatable bonds is 4. The molecular weight excluding hydrogens is 272 g/mol. The van der Waals surface area contributed by atoms with Gasteiger partial charge < -0.3 is 16.4 Å². The predicted molar refractivity (Wildman–Crippen MR) is 82.0 cm³/mol. The Bertz CT molecular complexity index is 513. The molecule has 2 saturated carbocycles. The van der Waals surface area contributed by atoms with Gasteiger partial charge in [0, 0.05) is 12.1 Å². The molecule has 5 nitrogen and oxygen atoms in total. The number of amides is 1. The summed E-state index contributed by atoms with van der Waals surface area (Å²) in [5.74, 6) is 1.77. The smallest absolute Gasteiger partial charge is 0.265 e. The molecule has 2 aliphatic carbocycles. The monoisotopic (exact) mass is 294 g/mol. The standard InChI is InChI=1S/C14H22N4OS/c1-7(2)16-14-18-12(15)11(20-14)13(19)17-10-6-8-3-4-9(10)5-8/h7-10H,3-6,15H2,1-2H3,(H,16,18)(H,17,19). The van der Waals surface area contributed by atoms with E-state index in [9.17, 15) is 4.79 Å². The molecule has 0 aromatic carbocycles. The summed E-state index contributed by atoms with van der Waals surface area (Å²) >= 11 is 1.34. The zero-order chi connectivity index (χ0) is 14.3. The number of carbonyl (C=O) groups is 1. The van der Waals surface area contributed by atoms with Crippen LogP contribution in [0.15, 0.2) is 0 Å². The lowest BCUT2D eigenvalue weighted by atomic mass is 9.95. The van der Waals surface area contributed by atoms with Gasteiger partial charge in [-0.15, -0.1) is 0 Å². The summed E-state index contributed by atoms with van der Waals surface area (Å²) in [5, 5.41) is 7.06. The molecule has 3 rings (SSSR count). The van der Waals surface area contributed by atoms with Crippen LogP contribution in [0.2, 0.25) is 0 Å². The molecule has 0 radical (unpaired) electrons. The van der Waals surface area contributed by atoms with Crippen molar-refractivity contribution in [2.75, 3.05) is 11.1 Å². The molecule has 110 valence electrons. The number of nitrogen functional groups attached to an aromatic ring is 1. The van der Waals surface area contributed by atoms with Gasteiger partial charge in [-0.1, -0.05) is 17.8 Å². The van der Waals surface area contributed by atoms with E-state index in [0.29, 0.717) is 22.7 Å². The fourth-order valence-electron chi connectivity index (χ4n) is 3.46. The van der Waals surface area contributed by atoms with Crippen molar-refractivity contribution in [3.05, 3.63) is 4.88 Å². The van der Waals surface area contributed by atoms with Crippen LogP contribution in [0.5, 0.6) is 0 Å². The van der Waals surface area contributed by atoms with Crippen LogP contribution in [0, 0.1) is 11.8 Å². The fraction of sp³-hybridized carbons (Fsp3) is 0.714. The number of nitrogens with zero attached hydrogens (tertiary/aromatic N) is 1. The van der Waals surface area contributed by atoms with Crippen LogP contribution in [0.3, 0.4) is 0 Å². The van der Waals surface area contributed by atoms with Gasteiger partial charge in [-0.05, 0) is 44.9 Å². The minimum Gasteiger partial charge on any atom is -0.382 e. The van der Waals surface area contributed by atoms with E-state index >= 15 is 0 Å². The number of carbonyl (C=O) groups excluding carboxylic acids is 1. The second-order valence-corrected chi connectivity index (χ2v) is 7.29. The maximum atomic E-state index is 12.3. The first-order valence-corrected chi connectivity index (χ1v) is 8.18. The first-order chi connectivity index (χ1) is 9.52. The number of anilines is 2. The Morgan fingerprint density at radius 1 is 1.40 bits per heavy atom. The summed E-state index contributed by atoms with van der Waals surface area (Å²) in [6, 6.07) is 0.617. The van der Waals surface area contributed by atoms with Gasteiger partial charge in [-0.25, -0.2) is 4.98 Å². The molecule has 2 bridgehead atoms. The van der Waals surface area contributed by atoms with Crippen LogP contribution >= 0.6 is 11.3 Å². The van der Waals surface area contributed by atoms with Crippen LogP contribution in [0.4, 0.5) is 10.9 Å². The number of hydrogen-bond acceptors (Lipinski definition) is 5. The maximum Gasteiger partial charge on any atom is 0.265 e. The molecule has 0 spiro atoms. The maximum absolute atomic E-state index is 12.3. The summed E-state index contributed by atoms with van der Waals surface area (Å²) in [5.41, 5.74) is 5.87. The first kappa shape index (κ1) is 13.7. The molecule has 3 atom stereocenters. The van der Waals surface area contributed by atoms with E-state index in [2.05, 4.69) is 15.6 Å². The van der Waals surface area contributed by atoms with E-state index in [0.717, 1.165) is 17.5 Å². The van der Waals surface area contributed by atoms with E-state index in [-0.39, 0.29) is 11.9 Å². The van der Waals surface area contributed by atoms with Crippen molar-refractivity contribution in [2.45, 2.75) is 51.6 Å². The van der Waals surface area contributed by atoms with Gasteiger partial charge in [0.15, 0.2) is 5.13 Å². The third-order valence-electron chi connectivity index (χ3n) is 4.33. The Labute approximate surface area is 123 Å². The summed E-state index contributed by atoms with van der Waals surface area (Å²) in [6.07, 6.45) is 5.01. The van der Waals surface area contributed by atoms with Crippen molar-refractivity contribution in [3.8, 4) is 0 Å². The van der Waals surface area contributed by atoms with E-state index < -0.39 is 0 Å². The lowest BCUT2D eigenvalue weighted by Gasteiger charge is -2.22. The molecule has 2 aliphatic rings. The van der Waals surface area contributed by atoms with E-state index in [1.165, 1.54) is 30.6 Å². The minimum absolute atomic E-state index is 0.0608. The lowest BCUT2D eigenvalue weighted by Crippen LogP contribution is -2.38. The Balaban J connectivity index is 1.66. The normalized spacial score (nSPS) is 28.1. The van der Waals surface area contributed by atoms with E-state index in [4.69, 9.17) is 5.73 Å². The summed E-state index contributed by atoms with van der Waals surface area (Å²) in [6.45, 7) is 4.07. The molecule has 6 heteroatoms. The van der Waals surface area contributed by atoms with E-state index in [1.807, 2.05) is 13.8 Å². The van der Waals surface area contributed by atoms with Crippen molar-refractivity contribution >= 4 is 28.2 Å². The topological polar surface area (TPSA) is 80.0 Å². The molecule has 2 fully saturated rings. The van der Waals surface area contributed by atoms with Gasteiger partial charge in [-0.3, -0.25) is 4.79 Å². The highest BCUT2D eigenvalue weighted by atomic mass is 32.1. The molecule has 0 aliphatic heterocycles. The third-order valence-corrected chi connectivity index (χ3v) is 5.33. The second kappa shape index (κ2) is 5.24. The summed E-state index contributed by atoms with van der Waals surface area (Å²) < 4.78 is 0. The van der Waals surface area contributed by atoms with Gasteiger partial charge in [0.05, 0.1) is 0 Å². The van der Waals surface area contributed by atoms with Crippen molar-refractivity contribution in [1.82, 2.24) is 10.3 Å². The highest BCUT2D eigenvalue weighted by Crippen LogP contribution is 2.44. The molecule has 1 heterocycles. The SMILES string of the molecule is CC(C)Nc1nc(N)c(C(=O)NC2CC3CCC2C3)s1. The number of nitrogens with two attached hydrogens (primary N) is 1. The summed E-state index contributed by atoms with van der Waals surface area (Å²) in [4.78, 5) is 17.1. The first-order valence-electron chi connectivity index (χ1n) is 7.36. The quantitative estimate of drug-likeness (QED) is 0.797. The third kappa shape index (κ3) is 2.61. The van der Waals surface area contributed by atoms with Crippen molar-refractivity contribution in [3.63, 3.8) is 0 Å². The molecule has 1 aromatic rings. The zero-order valence-electron chi connectivity index (χ0n) is 12.0. The molecule has 4 N–H and O–H groups in total. The number of thiazole rings is 1. The Morgan fingerprint density at radius 3 is 2.80 bits per heavy atom. The predicted octanol–water partition coefficient (Wildman–Crippen LogP) is 2.46. The Morgan fingerprint density at radius 2 is 2.20 bits per heavy atom. The lowest BCUT2D eigenvalue weighted by molar-refractivity contribution is 0.0927. The molecule has 20 heavy (non-hydrogen) atoms. The summed E-state index contributed by atoms with van der Waals surface area (Å²) in [7, 11) is 0. The van der Waals surface area contributed by atoms with Crippen molar-refractivity contribution < 1.29 is 4.79 Å². The average Bonchev–Trinajstić information content (AvgIpc) is 3.03. The molecule has 3 unspecified atom stereocenters. The van der Waals surface area contributed by atoms with Crippen LogP contribution in [-0.2, 0) is 0 Å². The van der Waals surface area contributed by atoms with Crippen LogP contribution in [0.1, 0.15) is 49.2 Å². The van der Waals surface area contributed by atoms with Gasteiger partial charge >= 0.3 is 0 Å². The average molecular weight is 294 g/mol. The molecule has 1 amide bonds. The molecular formula is C14H22N4OS. The van der Waals surface area contributed by atoms with Crippen molar-refractivity contribution in [1.29, 1.82) is 0 Å². The number of hydrogen-bond donors (Lipinski definition) is 3. The van der Waals surface area contributed by atoms with Crippen molar-refractivity contribution in [2.24, 2.45) is 11.8 Å². The highest BCUT2D eigenvalue weighted by molar-refractivity contribution is 7.18. The van der Waals surface area contributed by atoms with Crippen LogP contribution < -0.4 is 16.4 Å². The zero-order valence-corrected chi connectivity index (χ0v) is 12.8.